The zero-order valence-corrected chi connectivity index (χ0v) is 11.7. The summed E-state index contributed by atoms with van der Waals surface area (Å²) in [7, 11) is 0. The lowest BCUT2D eigenvalue weighted by Crippen LogP contribution is -2.32. The second-order valence-electron chi connectivity index (χ2n) is 5.47. The van der Waals surface area contributed by atoms with Crippen LogP contribution in [-0.4, -0.2) is 12.6 Å². The van der Waals surface area contributed by atoms with Gasteiger partial charge in [-0.2, -0.15) is 0 Å². The van der Waals surface area contributed by atoms with Crippen LogP contribution in [0.15, 0.2) is 54.6 Å². The van der Waals surface area contributed by atoms with Crippen molar-refractivity contribution in [2.24, 2.45) is 5.73 Å². The first-order chi connectivity index (χ1) is 9.84. The van der Waals surface area contributed by atoms with Gasteiger partial charge in [0.2, 0.25) is 0 Å². The normalized spacial score (nSPS) is 18.9. The number of nitrogens with two attached hydrogens (primary N) is 1. The van der Waals surface area contributed by atoms with Crippen LogP contribution in [0.1, 0.15) is 29.9 Å². The van der Waals surface area contributed by atoms with E-state index in [0.717, 1.165) is 31.6 Å². The second-order valence-corrected chi connectivity index (χ2v) is 5.47. The molecule has 2 heteroatoms. The molecule has 0 bridgehead atoms. The number of hydrogen-bond acceptors (Lipinski definition) is 2. The first kappa shape index (κ1) is 13.2. The van der Waals surface area contributed by atoms with Crippen LogP contribution >= 0.6 is 0 Å². The summed E-state index contributed by atoms with van der Waals surface area (Å²) < 4.78 is 5.71. The fraction of sp³-hybridized carbons (Fsp3) is 0.333. The van der Waals surface area contributed by atoms with Crippen molar-refractivity contribution < 1.29 is 4.74 Å². The number of benzene rings is 2. The summed E-state index contributed by atoms with van der Waals surface area (Å²) in [4.78, 5) is 0. The summed E-state index contributed by atoms with van der Waals surface area (Å²) in [5.41, 5.74) is 9.10. The van der Waals surface area contributed by atoms with Crippen molar-refractivity contribution >= 4 is 0 Å². The van der Waals surface area contributed by atoms with Gasteiger partial charge in [0.25, 0.3) is 0 Å². The van der Waals surface area contributed by atoms with E-state index in [1.54, 1.807) is 0 Å². The van der Waals surface area contributed by atoms with Gasteiger partial charge in [0.05, 0.1) is 6.61 Å². The molecule has 1 heterocycles. The Morgan fingerprint density at radius 2 is 1.80 bits per heavy atom. The predicted molar refractivity (Wildman–Crippen MR) is 82.0 cm³/mol. The van der Waals surface area contributed by atoms with Gasteiger partial charge in [-0.3, -0.25) is 0 Å². The molecule has 2 unspecified atom stereocenters. The topological polar surface area (TPSA) is 35.2 Å². The molecule has 0 aliphatic carbocycles. The van der Waals surface area contributed by atoms with Gasteiger partial charge in [0.1, 0.15) is 5.75 Å². The molecule has 0 saturated heterocycles. The highest BCUT2D eigenvalue weighted by Gasteiger charge is 2.26. The maximum Gasteiger partial charge on any atom is 0.122 e. The quantitative estimate of drug-likeness (QED) is 0.920. The molecule has 1 aliphatic rings. The number of hydrogen-bond donors (Lipinski definition) is 1. The predicted octanol–water partition coefficient (Wildman–Crippen LogP) is 3.51. The summed E-state index contributed by atoms with van der Waals surface area (Å²) in [5, 5.41) is 0. The molecule has 0 saturated carbocycles. The van der Waals surface area contributed by atoms with E-state index in [2.05, 4.69) is 42.5 Å². The molecule has 2 aromatic rings. The molecular formula is C18H21NO. The monoisotopic (exact) mass is 267 g/mol. The Morgan fingerprint density at radius 1 is 1.05 bits per heavy atom. The highest BCUT2D eigenvalue weighted by molar-refractivity contribution is 5.38. The molecule has 2 N–H and O–H groups in total. The summed E-state index contributed by atoms with van der Waals surface area (Å²) in [6.07, 6.45) is 3.08. The van der Waals surface area contributed by atoms with Crippen molar-refractivity contribution in [3.63, 3.8) is 0 Å². The molecule has 0 fully saturated rings. The average molecular weight is 267 g/mol. The van der Waals surface area contributed by atoms with Crippen molar-refractivity contribution in [2.45, 2.75) is 31.2 Å². The zero-order valence-electron chi connectivity index (χ0n) is 11.7. The number of rotatable bonds is 4. The van der Waals surface area contributed by atoms with Crippen molar-refractivity contribution in [1.82, 2.24) is 0 Å². The Balaban J connectivity index is 1.67. The molecule has 0 spiro atoms. The molecule has 20 heavy (non-hydrogen) atoms. The standard InChI is InChI=1S/C18H21NO/c19-17(11-10-14-6-2-1-3-7-14)15-12-13-20-18-9-5-4-8-16(15)18/h1-9,15,17H,10-13,19H2. The van der Waals surface area contributed by atoms with Crippen molar-refractivity contribution in [1.29, 1.82) is 0 Å². The van der Waals surface area contributed by atoms with Gasteiger partial charge in [-0.15, -0.1) is 0 Å². The SMILES string of the molecule is NC(CCc1ccccc1)C1CCOc2ccccc21. The molecule has 1 aliphatic heterocycles. The molecule has 2 aromatic carbocycles. The largest absolute Gasteiger partial charge is 0.493 e. The first-order valence-electron chi connectivity index (χ1n) is 7.36. The van der Waals surface area contributed by atoms with Crippen LogP contribution in [0, 0.1) is 0 Å². The van der Waals surface area contributed by atoms with Gasteiger partial charge in [0.15, 0.2) is 0 Å². The summed E-state index contributed by atoms with van der Waals surface area (Å²) in [5.74, 6) is 1.43. The highest BCUT2D eigenvalue weighted by Crippen LogP contribution is 2.35. The molecule has 104 valence electrons. The zero-order chi connectivity index (χ0) is 13.8. The minimum absolute atomic E-state index is 0.195. The van der Waals surface area contributed by atoms with Crippen LogP contribution in [0.25, 0.3) is 0 Å². The first-order valence-corrected chi connectivity index (χ1v) is 7.36. The highest BCUT2D eigenvalue weighted by atomic mass is 16.5. The molecule has 0 radical (unpaired) electrons. The van der Waals surface area contributed by atoms with Crippen LogP contribution in [-0.2, 0) is 6.42 Å². The van der Waals surface area contributed by atoms with Crippen molar-refractivity contribution in [3.8, 4) is 5.75 Å². The van der Waals surface area contributed by atoms with Gasteiger partial charge >= 0.3 is 0 Å². The van der Waals surface area contributed by atoms with E-state index in [-0.39, 0.29) is 6.04 Å². The lowest BCUT2D eigenvalue weighted by atomic mass is 9.84. The number of fused-ring (bicyclic) bond motifs is 1. The maximum atomic E-state index is 6.46. The summed E-state index contributed by atoms with van der Waals surface area (Å²) >= 11 is 0. The Morgan fingerprint density at radius 3 is 2.65 bits per heavy atom. The minimum atomic E-state index is 0.195. The Bertz CT molecular complexity index is 552. The number of para-hydroxylation sites is 1. The van der Waals surface area contributed by atoms with Gasteiger partial charge < -0.3 is 10.5 Å². The Hall–Kier alpha value is -1.80. The maximum absolute atomic E-state index is 6.46. The number of ether oxygens (including phenoxy) is 1. The van der Waals surface area contributed by atoms with E-state index in [4.69, 9.17) is 10.5 Å². The van der Waals surface area contributed by atoms with Crippen LogP contribution < -0.4 is 10.5 Å². The molecule has 2 atom stereocenters. The van der Waals surface area contributed by atoms with E-state index in [1.165, 1.54) is 11.1 Å². The third-order valence-electron chi connectivity index (χ3n) is 4.13. The molecular weight excluding hydrogens is 246 g/mol. The minimum Gasteiger partial charge on any atom is -0.493 e. The van der Waals surface area contributed by atoms with Gasteiger partial charge in [0, 0.05) is 12.0 Å². The van der Waals surface area contributed by atoms with Crippen LogP contribution in [0.4, 0.5) is 0 Å². The van der Waals surface area contributed by atoms with E-state index >= 15 is 0 Å². The third kappa shape index (κ3) is 2.86. The van der Waals surface area contributed by atoms with Crippen LogP contribution in [0.5, 0.6) is 5.75 Å². The van der Waals surface area contributed by atoms with Crippen LogP contribution in [0.3, 0.4) is 0 Å². The van der Waals surface area contributed by atoms with E-state index in [9.17, 15) is 0 Å². The lowest BCUT2D eigenvalue weighted by molar-refractivity contribution is 0.252. The number of aryl methyl sites for hydroxylation is 1. The molecule has 0 amide bonds. The lowest BCUT2D eigenvalue weighted by Gasteiger charge is -2.30. The fourth-order valence-corrected chi connectivity index (χ4v) is 2.99. The second kappa shape index (κ2) is 6.10. The molecule has 3 rings (SSSR count). The molecule has 0 aromatic heterocycles. The van der Waals surface area contributed by atoms with Gasteiger partial charge in [-0.25, -0.2) is 0 Å². The van der Waals surface area contributed by atoms with Crippen molar-refractivity contribution in [2.75, 3.05) is 6.61 Å². The average Bonchev–Trinajstić information content (AvgIpc) is 2.53. The van der Waals surface area contributed by atoms with Gasteiger partial charge in [-0.05, 0) is 36.5 Å². The van der Waals surface area contributed by atoms with E-state index in [0.29, 0.717) is 5.92 Å². The fourth-order valence-electron chi connectivity index (χ4n) is 2.99. The third-order valence-corrected chi connectivity index (χ3v) is 4.13. The van der Waals surface area contributed by atoms with Crippen molar-refractivity contribution in [3.05, 3.63) is 65.7 Å². The molecule has 2 nitrogen and oxygen atoms in total. The van der Waals surface area contributed by atoms with Crippen LogP contribution in [0.2, 0.25) is 0 Å². The van der Waals surface area contributed by atoms with E-state index in [1.807, 2.05) is 12.1 Å². The Kier molecular flexibility index (Phi) is 4.03. The van der Waals surface area contributed by atoms with Gasteiger partial charge in [-0.1, -0.05) is 48.5 Å². The van der Waals surface area contributed by atoms with E-state index < -0.39 is 0 Å². The smallest absolute Gasteiger partial charge is 0.122 e. The Labute approximate surface area is 120 Å². The summed E-state index contributed by atoms with van der Waals surface area (Å²) in [6, 6.07) is 19.1. The summed E-state index contributed by atoms with van der Waals surface area (Å²) in [6.45, 7) is 0.778.